The van der Waals surface area contributed by atoms with Gasteiger partial charge in [0, 0.05) is 10.7 Å². The van der Waals surface area contributed by atoms with Crippen molar-refractivity contribution < 1.29 is 4.39 Å². The highest BCUT2D eigenvalue weighted by molar-refractivity contribution is 7.80. The highest BCUT2D eigenvalue weighted by Crippen LogP contribution is 2.26. The van der Waals surface area contributed by atoms with Crippen molar-refractivity contribution in [3.05, 3.63) is 51.9 Å². The van der Waals surface area contributed by atoms with Gasteiger partial charge in [0.2, 0.25) is 0 Å². The Balaban J connectivity index is 2.53. The number of aryl methyl sites for hydroxylation is 2. The first-order valence-electron chi connectivity index (χ1n) is 5.88. The minimum Gasteiger partial charge on any atom is -0.389 e. The molecule has 0 radical (unpaired) electrons. The number of nitrogens with two attached hydrogens (primary N) is 1. The minimum absolute atomic E-state index is 0.208. The van der Waals surface area contributed by atoms with Crippen molar-refractivity contribution in [2.45, 2.75) is 13.8 Å². The summed E-state index contributed by atoms with van der Waals surface area (Å²) in [6.45, 7) is 3.72. The van der Waals surface area contributed by atoms with Crippen LogP contribution in [0, 0.1) is 19.7 Å². The average molecular weight is 310 g/mol. The van der Waals surface area contributed by atoms with E-state index < -0.39 is 5.82 Å². The van der Waals surface area contributed by atoms with Gasteiger partial charge < -0.3 is 11.1 Å². The summed E-state index contributed by atoms with van der Waals surface area (Å²) in [5, 5.41) is 3.33. The van der Waals surface area contributed by atoms with Gasteiger partial charge in [-0.25, -0.2) is 9.37 Å². The van der Waals surface area contributed by atoms with E-state index >= 15 is 0 Å². The van der Waals surface area contributed by atoms with Gasteiger partial charge in [0.05, 0.1) is 11.3 Å². The Bertz CT molecular complexity index is 688. The molecule has 3 nitrogen and oxygen atoms in total. The molecule has 20 heavy (non-hydrogen) atoms. The van der Waals surface area contributed by atoms with Gasteiger partial charge in [0.25, 0.3) is 0 Å². The summed E-state index contributed by atoms with van der Waals surface area (Å²) in [6.07, 6.45) is 0. The fraction of sp³-hybridized carbons (Fsp3) is 0.143. The molecule has 1 aromatic carbocycles. The van der Waals surface area contributed by atoms with Crippen molar-refractivity contribution in [2.75, 3.05) is 5.32 Å². The number of pyridine rings is 1. The zero-order valence-electron chi connectivity index (χ0n) is 11.0. The summed E-state index contributed by atoms with van der Waals surface area (Å²) in [7, 11) is 0. The van der Waals surface area contributed by atoms with Crippen molar-refractivity contribution in [2.24, 2.45) is 5.73 Å². The molecule has 1 heterocycles. The predicted octanol–water partition coefficient (Wildman–Crippen LogP) is 3.87. The van der Waals surface area contributed by atoms with Crippen molar-refractivity contribution in [3.8, 4) is 0 Å². The van der Waals surface area contributed by atoms with Crippen LogP contribution in [0.25, 0.3) is 0 Å². The zero-order valence-corrected chi connectivity index (χ0v) is 12.6. The average Bonchev–Trinajstić information content (AvgIpc) is 2.32. The van der Waals surface area contributed by atoms with Crippen LogP contribution in [0.15, 0.2) is 24.3 Å². The Labute approximate surface area is 127 Å². The lowest BCUT2D eigenvalue weighted by atomic mass is 10.1. The smallest absolute Gasteiger partial charge is 0.146 e. The first-order valence-corrected chi connectivity index (χ1v) is 6.67. The van der Waals surface area contributed by atoms with Gasteiger partial charge in [0.1, 0.15) is 16.6 Å². The fourth-order valence-electron chi connectivity index (χ4n) is 1.96. The van der Waals surface area contributed by atoms with E-state index in [2.05, 4.69) is 10.3 Å². The van der Waals surface area contributed by atoms with Crippen LogP contribution in [0.1, 0.15) is 16.8 Å². The van der Waals surface area contributed by atoms with Crippen LogP contribution in [-0.2, 0) is 0 Å². The maximum absolute atomic E-state index is 13.8. The molecule has 2 rings (SSSR count). The van der Waals surface area contributed by atoms with Gasteiger partial charge in [-0.05, 0) is 43.7 Å². The van der Waals surface area contributed by atoms with Gasteiger partial charge in [-0.1, -0.05) is 23.8 Å². The first kappa shape index (κ1) is 14.7. The molecule has 0 saturated carbocycles. The quantitative estimate of drug-likeness (QED) is 0.845. The molecule has 2 aromatic rings. The van der Waals surface area contributed by atoms with Gasteiger partial charge in [-0.15, -0.1) is 0 Å². The summed E-state index contributed by atoms with van der Waals surface area (Å²) in [5.74, 6) is 0.000385. The fourth-order valence-corrected chi connectivity index (χ4v) is 2.39. The summed E-state index contributed by atoms with van der Waals surface area (Å²) in [4.78, 5) is 4.54. The summed E-state index contributed by atoms with van der Waals surface area (Å²) < 4.78 is 13.8. The number of halogens is 2. The van der Waals surface area contributed by atoms with Crippen LogP contribution in [0.5, 0.6) is 0 Å². The largest absolute Gasteiger partial charge is 0.389 e. The molecule has 0 saturated heterocycles. The van der Waals surface area contributed by atoms with E-state index in [9.17, 15) is 4.39 Å². The molecule has 6 heteroatoms. The molecule has 104 valence electrons. The number of hydrogen-bond acceptors (Lipinski definition) is 3. The van der Waals surface area contributed by atoms with Crippen LogP contribution in [0.2, 0.25) is 5.02 Å². The van der Waals surface area contributed by atoms with Crippen molar-refractivity contribution in [1.82, 2.24) is 4.98 Å². The zero-order chi connectivity index (χ0) is 14.9. The number of benzene rings is 1. The predicted molar refractivity (Wildman–Crippen MR) is 84.3 cm³/mol. The molecule has 0 aliphatic rings. The number of rotatable bonds is 3. The Hall–Kier alpha value is -1.72. The monoisotopic (exact) mass is 309 g/mol. The highest BCUT2D eigenvalue weighted by atomic mass is 35.5. The molecule has 0 amide bonds. The minimum atomic E-state index is -0.427. The van der Waals surface area contributed by atoms with Crippen LogP contribution in [0.3, 0.4) is 0 Å². The Morgan fingerprint density at radius 1 is 1.35 bits per heavy atom. The summed E-state index contributed by atoms with van der Waals surface area (Å²) in [5.41, 5.74) is 8.22. The van der Waals surface area contributed by atoms with E-state index in [0.717, 1.165) is 11.3 Å². The topological polar surface area (TPSA) is 50.9 Å². The Morgan fingerprint density at radius 3 is 2.70 bits per heavy atom. The molecule has 1 aromatic heterocycles. The normalized spacial score (nSPS) is 10.4. The number of thiocarbonyl (C=S) groups is 1. The molecule has 0 atom stereocenters. The van der Waals surface area contributed by atoms with E-state index in [1.165, 1.54) is 18.2 Å². The van der Waals surface area contributed by atoms with Crippen LogP contribution in [0.4, 0.5) is 15.9 Å². The van der Waals surface area contributed by atoms with Crippen molar-refractivity contribution in [3.63, 3.8) is 0 Å². The second-order valence-corrected chi connectivity index (χ2v) is 5.29. The third-order valence-corrected chi connectivity index (χ3v) is 3.21. The third-order valence-electron chi connectivity index (χ3n) is 2.77. The molecular weight excluding hydrogens is 297 g/mol. The maximum atomic E-state index is 13.8. The number of nitrogens with zero attached hydrogens (tertiary/aromatic N) is 1. The first-order chi connectivity index (χ1) is 9.38. The molecule has 0 unspecified atom stereocenters. The number of aromatic nitrogens is 1. The molecule has 0 aliphatic carbocycles. The number of anilines is 2. The molecular formula is C14H13ClFN3S. The lowest BCUT2D eigenvalue weighted by Crippen LogP contribution is -2.15. The third kappa shape index (κ3) is 3.05. The van der Waals surface area contributed by atoms with E-state index in [4.69, 9.17) is 29.6 Å². The number of nitrogens with one attached hydrogen (secondary N) is 1. The van der Waals surface area contributed by atoms with Gasteiger partial charge in [-0.2, -0.15) is 0 Å². The summed E-state index contributed by atoms with van der Waals surface area (Å²) in [6, 6.07) is 6.12. The second kappa shape index (κ2) is 5.73. The highest BCUT2D eigenvalue weighted by Gasteiger charge is 2.13. The molecule has 0 bridgehead atoms. The van der Waals surface area contributed by atoms with E-state index in [1.807, 2.05) is 19.9 Å². The van der Waals surface area contributed by atoms with Crippen molar-refractivity contribution in [1.29, 1.82) is 0 Å². The lowest BCUT2D eigenvalue weighted by Gasteiger charge is -2.14. The second-order valence-electron chi connectivity index (χ2n) is 4.42. The van der Waals surface area contributed by atoms with Crippen LogP contribution in [-0.4, -0.2) is 9.97 Å². The SMILES string of the molecule is Cc1cc(C)c(C(N)=S)c(Nc2cc(Cl)ccc2F)n1. The van der Waals surface area contributed by atoms with Crippen LogP contribution >= 0.6 is 23.8 Å². The molecule has 0 fully saturated rings. The molecule has 3 N–H and O–H groups in total. The van der Waals surface area contributed by atoms with Crippen molar-refractivity contribution >= 4 is 40.3 Å². The Morgan fingerprint density at radius 2 is 2.05 bits per heavy atom. The van der Waals surface area contributed by atoms with E-state index in [0.29, 0.717) is 16.4 Å². The molecule has 0 aliphatic heterocycles. The van der Waals surface area contributed by atoms with Gasteiger partial charge >= 0.3 is 0 Å². The van der Waals surface area contributed by atoms with Crippen LogP contribution < -0.4 is 11.1 Å². The van der Waals surface area contributed by atoms with Gasteiger partial charge in [-0.3, -0.25) is 0 Å². The van der Waals surface area contributed by atoms with E-state index in [-0.39, 0.29) is 10.7 Å². The molecule has 0 spiro atoms. The Kier molecular flexibility index (Phi) is 4.20. The maximum Gasteiger partial charge on any atom is 0.146 e. The van der Waals surface area contributed by atoms with E-state index in [1.54, 1.807) is 0 Å². The van der Waals surface area contributed by atoms with Gasteiger partial charge in [0.15, 0.2) is 0 Å². The number of hydrogen-bond donors (Lipinski definition) is 2. The standard InChI is InChI=1S/C14H13ClFN3S/c1-7-5-8(2)18-14(12(7)13(17)20)19-11-6-9(15)3-4-10(11)16/h3-6H,1-2H3,(H2,17,20)(H,18,19). The lowest BCUT2D eigenvalue weighted by molar-refractivity contribution is 0.632. The summed E-state index contributed by atoms with van der Waals surface area (Å²) >= 11 is 10.9.